The van der Waals surface area contributed by atoms with Gasteiger partial charge in [0.05, 0.1) is 5.56 Å². The average Bonchev–Trinajstić information content (AvgIpc) is 3.27. The number of alkyl halides is 3. The molecule has 0 bridgehead atoms. The van der Waals surface area contributed by atoms with Crippen LogP contribution in [0.25, 0.3) is 0 Å². The highest BCUT2D eigenvalue weighted by Crippen LogP contribution is 2.31. The van der Waals surface area contributed by atoms with Gasteiger partial charge < -0.3 is 10.0 Å². The van der Waals surface area contributed by atoms with Gasteiger partial charge >= 0.3 is 12.1 Å². The molecule has 2 rings (SSSR count). The highest BCUT2D eigenvalue weighted by molar-refractivity contribution is 5.83. The van der Waals surface area contributed by atoms with Gasteiger partial charge in [-0.05, 0) is 30.9 Å². The van der Waals surface area contributed by atoms with Crippen LogP contribution in [0.5, 0.6) is 0 Å². The van der Waals surface area contributed by atoms with E-state index in [0.717, 1.165) is 25.0 Å². The Bertz CT molecular complexity index is 596. The number of halogens is 3. The number of nitrogens with zero attached hydrogens (tertiary/aromatic N) is 1. The Kier molecular flexibility index (Phi) is 4.97. The monoisotopic (exact) mass is 329 g/mol. The third kappa shape index (κ3) is 4.71. The molecular weight excluding hydrogens is 311 g/mol. The van der Waals surface area contributed by atoms with Crippen molar-refractivity contribution < 1.29 is 27.9 Å². The first-order valence-electron chi connectivity index (χ1n) is 7.37. The summed E-state index contributed by atoms with van der Waals surface area (Å²) in [5, 5.41) is 8.89. The van der Waals surface area contributed by atoms with Crippen LogP contribution in [0.3, 0.4) is 0 Å². The molecule has 1 aromatic rings. The van der Waals surface area contributed by atoms with E-state index in [4.69, 9.17) is 5.11 Å². The molecular formula is C16H18F3NO3. The lowest BCUT2D eigenvalue weighted by Gasteiger charge is -2.24. The smallest absolute Gasteiger partial charge is 0.416 e. The topological polar surface area (TPSA) is 57.6 Å². The van der Waals surface area contributed by atoms with Crippen molar-refractivity contribution in [3.05, 3.63) is 35.4 Å². The Hall–Kier alpha value is -2.05. The Morgan fingerprint density at radius 1 is 1.35 bits per heavy atom. The number of amides is 1. The zero-order valence-electron chi connectivity index (χ0n) is 12.6. The number of hydrogen-bond acceptors (Lipinski definition) is 2. The van der Waals surface area contributed by atoms with Crippen LogP contribution in [0.1, 0.15) is 30.9 Å². The Morgan fingerprint density at radius 3 is 2.52 bits per heavy atom. The van der Waals surface area contributed by atoms with Gasteiger partial charge in [0, 0.05) is 12.0 Å². The molecule has 23 heavy (non-hydrogen) atoms. The van der Waals surface area contributed by atoms with Crippen LogP contribution in [-0.4, -0.2) is 34.5 Å². The second-order valence-electron chi connectivity index (χ2n) is 5.89. The number of aliphatic carboxylic acids is 1. The zero-order chi connectivity index (χ0) is 17.2. The van der Waals surface area contributed by atoms with Gasteiger partial charge in [0.1, 0.15) is 6.54 Å². The van der Waals surface area contributed by atoms with E-state index in [0.29, 0.717) is 5.56 Å². The van der Waals surface area contributed by atoms with Gasteiger partial charge in [-0.25, -0.2) is 0 Å². The van der Waals surface area contributed by atoms with Gasteiger partial charge in [0.2, 0.25) is 5.91 Å². The van der Waals surface area contributed by atoms with E-state index in [2.05, 4.69) is 0 Å². The number of rotatable bonds is 6. The molecule has 1 aliphatic rings. The first kappa shape index (κ1) is 17.3. The van der Waals surface area contributed by atoms with Crippen molar-refractivity contribution in [3.63, 3.8) is 0 Å². The van der Waals surface area contributed by atoms with Crippen molar-refractivity contribution in [2.24, 2.45) is 5.92 Å². The summed E-state index contributed by atoms with van der Waals surface area (Å²) in [4.78, 5) is 24.6. The van der Waals surface area contributed by atoms with Crippen molar-refractivity contribution >= 4 is 11.9 Å². The van der Waals surface area contributed by atoms with Crippen LogP contribution >= 0.6 is 0 Å². The van der Waals surface area contributed by atoms with Gasteiger partial charge in [0.25, 0.3) is 0 Å². The molecule has 4 nitrogen and oxygen atoms in total. The third-order valence-electron chi connectivity index (χ3n) is 3.79. The third-order valence-corrected chi connectivity index (χ3v) is 3.79. The number of benzene rings is 1. The predicted octanol–water partition coefficient (Wildman–Crippen LogP) is 2.96. The van der Waals surface area contributed by atoms with Crippen molar-refractivity contribution in [1.29, 1.82) is 0 Å². The van der Waals surface area contributed by atoms with Crippen LogP contribution in [0, 0.1) is 5.92 Å². The molecule has 1 fully saturated rings. The summed E-state index contributed by atoms with van der Waals surface area (Å²) in [7, 11) is 0. The highest BCUT2D eigenvalue weighted by Gasteiger charge is 2.36. The Labute approximate surface area is 131 Å². The Balaban J connectivity index is 2.07. The first-order chi connectivity index (χ1) is 10.7. The van der Waals surface area contributed by atoms with E-state index >= 15 is 0 Å². The van der Waals surface area contributed by atoms with Crippen molar-refractivity contribution in [3.8, 4) is 0 Å². The van der Waals surface area contributed by atoms with Crippen LogP contribution in [-0.2, 0) is 22.2 Å². The first-order valence-corrected chi connectivity index (χ1v) is 7.37. The molecule has 1 N–H and O–H groups in total. The summed E-state index contributed by atoms with van der Waals surface area (Å²) in [5.41, 5.74) is -0.342. The summed E-state index contributed by atoms with van der Waals surface area (Å²) in [5.74, 6) is -1.98. The second kappa shape index (κ2) is 6.60. The lowest BCUT2D eigenvalue weighted by molar-refractivity contribution is -0.146. The van der Waals surface area contributed by atoms with Crippen LogP contribution < -0.4 is 0 Å². The molecule has 0 saturated heterocycles. The minimum absolute atomic E-state index is 0.0532. The van der Waals surface area contributed by atoms with Gasteiger partial charge in [-0.15, -0.1) is 0 Å². The molecule has 7 heteroatoms. The molecule has 1 aliphatic carbocycles. The van der Waals surface area contributed by atoms with Crippen LogP contribution in [0.2, 0.25) is 0 Å². The molecule has 1 unspecified atom stereocenters. The van der Waals surface area contributed by atoms with E-state index < -0.39 is 23.6 Å². The summed E-state index contributed by atoms with van der Waals surface area (Å²) >= 11 is 0. The molecule has 0 spiro atoms. The van der Waals surface area contributed by atoms with E-state index in [1.807, 2.05) is 0 Å². The summed E-state index contributed by atoms with van der Waals surface area (Å²) < 4.78 is 38.1. The number of carbonyl (C=O) groups excluding carboxylic acids is 1. The van der Waals surface area contributed by atoms with E-state index in [-0.39, 0.29) is 24.9 Å². The molecule has 0 heterocycles. The predicted molar refractivity (Wildman–Crippen MR) is 76.7 cm³/mol. The van der Waals surface area contributed by atoms with Crippen molar-refractivity contribution in [1.82, 2.24) is 4.90 Å². The zero-order valence-corrected chi connectivity index (χ0v) is 12.6. The maximum Gasteiger partial charge on any atom is 0.416 e. The lowest BCUT2D eigenvalue weighted by Crippen LogP contribution is -2.41. The molecule has 0 aromatic heterocycles. The quantitative estimate of drug-likeness (QED) is 0.873. The van der Waals surface area contributed by atoms with Gasteiger partial charge in [-0.2, -0.15) is 13.2 Å². The average molecular weight is 329 g/mol. The summed E-state index contributed by atoms with van der Waals surface area (Å²) in [6.45, 7) is 1.25. The molecule has 1 atom stereocenters. The fourth-order valence-corrected chi connectivity index (χ4v) is 2.52. The van der Waals surface area contributed by atoms with E-state index in [1.54, 1.807) is 6.92 Å². The summed E-state index contributed by atoms with van der Waals surface area (Å²) in [6.07, 6.45) is -2.73. The second-order valence-corrected chi connectivity index (χ2v) is 5.89. The van der Waals surface area contributed by atoms with E-state index in [1.165, 1.54) is 17.0 Å². The normalized spacial score (nSPS) is 16.0. The molecule has 0 radical (unpaired) electrons. The van der Waals surface area contributed by atoms with Crippen molar-refractivity contribution in [2.45, 2.75) is 38.4 Å². The van der Waals surface area contributed by atoms with Gasteiger partial charge in [-0.1, -0.05) is 25.1 Å². The Morgan fingerprint density at radius 2 is 2.00 bits per heavy atom. The number of carboxylic acid groups (broad SMARTS) is 1. The number of carbonyl (C=O) groups is 2. The maximum absolute atomic E-state index is 12.7. The maximum atomic E-state index is 12.7. The van der Waals surface area contributed by atoms with Crippen LogP contribution in [0.15, 0.2) is 24.3 Å². The fourth-order valence-electron chi connectivity index (χ4n) is 2.52. The van der Waals surface area contributed by atoms with E-state index in [9.17, 15) is 22.8 Å². The van der Waals surface area contributed by atoms with Gasteiger partial charge in [-0.3, -0.25) is 9.59 Å². The minimum Gasteiger partial charge on any atom is -0.480 e. The number of carboxylic acids is 1. The van der Waals surface area contributed by atoms with Crippen molar-refractivity contribution in [2.75, 3.05) is 6.54 Å². The fraction of sp³-hybridized carbons (Fsp3) is 0.500. The molecule has 126 valence electrons. The largest absolute Gasteiger partial charge is 0.480 e. The molecule has 1 aromatic carbocycles. The van der Waals surface area contributed by atoms with Crippen LogP contribution in [0.4, 0.5) is 13.2 Å². The summed E-state index contributed by atoms with van der Waals surface area (Å²) in [6, 6.07) is 4.81. The van der Waals surface area contributed by atoms with Gasteiger partial charge in [0.15, 0.2) is 0 Å². The standard InChI is InChI=1S/C16H18F3NO3/c1-10(15(23)20(9-14(21)22)13-5-6-13)7-11-3-2-4-12(8-11)16(17,18)19/h2-4,8,10,13H,5-7,9H2,1H3,(H,21,22). The minimum atomic E-state index is -4.42. The SMILES string of the molecule is CC(Cc1cccc(C(F)(F)F)c1)C(=O)N(CC(=O)O)C1CC1. The molecule has 1 amide bonds. The lowest BCUT2D eigenvalue weighted by atomic mass is 9.98. The molecule has 1 saturated carbocycles. The highest BCUT2D eigenvalue weighted by atomic mass is 19.4. The molecule has 0 aliphatic heterocycles. The number of hydrogen-bond donors (Lipinski definition) is 1.